The van der Waals surface area contributed by atoms with Gasteiger partial charge in [-0.1, -0.05) is 6.07 Å². The molecule has 5 heteroatoms. The molecule has 0 fully saturated rings. The van der Waals surface area contributed by atoms with Gasteiger partial charge in [0, 0.05) is 0 Å². The number of phenolic OH excluding ortho intramolecular Hbond substituents is 2. The lowest BCUT2D eigenvalue weighted by Gasteiger charge is -2.19. The molecule has 0 spiro atoms. The van der Waals surface area contributed by atoms with E-state index < -0.39 is 11.5 Å². The Morgan fingerprint density at radius 3 is 2.36 bits per heavy atom. The molecule has 76 valence electrons. The highest BCUT2D eigenvalue weighted by molar-refractivity contribution is 5.80. The smallest absolute Gasteiger partial charge is 0.328 e. The van der Waals surface area contributed by atoms with Gasteiger partial charge in [-0.25, -0.2) is 4.79 Å². The number of phenols is 2. The third-order valence-corrected chi connectivity index (χ3v) is 2.02. The summed E-state index contributed by atoms with van der Waals surface area (Å²) in [4.78, 5) is 10.7. The molecule has 1 rings (SSSR count). The van der Waals surface area contributed by atoms with E-state index in [0.717, 1.165) is 6.07 Å². The molecule has 0 aromatic heterocycles. The Morgan fingerprint density at radius 1 is 1.36 bits per heavy atom. The Hall–Kier alpha value is -1.75. The molecular formula is C9H11NO4. The van der Waals surface area contributed by atoms with Crippen molar-refractivity contribution in [3.8, 4) is 11.5 Å². The zero-order valence-electron chi connectivity index (χ0n) is 7.56. The number of aliphatic carboxylic acids is 1. The Balaban J connectivity index is 3.21. The quantitative estimate of drug-likeness (QED) is 0.512. The molecule has 0 radical (unpaired) electrons. The molecule has 0 heterocycles. The highest BCUT2D eigenvalue weighted by Gasteiger charge is 2.30. The molecule has 0 aliphatic rings. The zero-order valence-corrected chi connectivity index (χ0v) is 7.56. The van der Waals surface area contributed by atoms with Crippen LogP contribution in [0.5, 0.6) is 11.5 Å². The number of carboxylic acid groups (broad SMARTS) is 1. The number of carbonyl (C=O) groups is 1. The fourth-order valence-corrected chi connectivity index (χ4v) is 0.970. The van der Waals surface area contributed by atoms with Crippen molar-refractivity contribution >= 4 is 5.97 Å². The topological polar surface area (TPSA) is 104 Å². The number of rotatable bonds is 2. The van der Waals surface area contributed by atoms with Gasteiger partial charge in [0.1, 0.15) is 5.54 Å². The van der Waals surface area contributed by atoms with E-state index in [-0.39, 0.29) is 17.1 Å². The van der Waals surface area contributed by atoms with Crippen LogP contribution in [0.1, 0.15) is 12.5 Å². The van der Waals surface area contributed by atoms with E-state index in [1.54, 1.807) is 0 Å². The zero-order chi connectivity index (χ0) is 10.9. The van der Waals surface area contributed by atoms with Gasteiger partial charge < -0.3 is 21.1 Å². The van der Waals surface area contributed by atoms with Crippen LogP contribution in [0.2, 0.25) is 0 Å². The number of aromatic hydroxyl groups is 2. The summed E-state index contributed by atoms with van der Waals surface area (Å²) in [6, 6.07) is 3.67. The molecule has 0 aliphatic heterocycles. The van der Waals surface area contributed by atoms with Gasteiger partial charge in [0.15, 0.2) is 11.5 Å². The molecule has 0 aliphatic carbocycles. The first-order valence-electron chi connectivity index (χ1n) is 3.90. The molecule has 0 unspecified atom stereocenters. The van der Waals surface area contributed by atoms with Gasteiger partial charge in [-0.05, 0) is 24.6 Å². The Bertz CT molecular complexity index is 373. The van der Waals surface area contributed by atoms with Crippen LogP contribution in [0, 0.1) is 0 Å². The largest absolute Gasteiger partial charge is 0.504 e. The Morgan fingerprint density at radius 2 is 1.93 bits per heavy atom. The first-order chi connectivity index (χ1) is 6.35. The minimum atomic E-state index is -1.58. The maximum absolute atomic E-state index is 10.7. The summed E-state index contributed by atoms with van der Waals surface area (Å²) in [5.74, 6) is -1.90. The van der Waals surface area contributed by atoms with Crippen LogP contribution < -0.4 is 5.73 Å². The molecule has 0 saturated heterocycles. The molecule has 1 atom stereocenters. The molecule has 0 amide bonds. The number of carboxylic acids is 1. The average molecular weight is 197 g/mol. The van der Waals surface area contributed by atoms with Gasteiger partial charge in [-0.3, -0.25) is 0 Å². The van der Waals surface area contributed by atoms with Crippen molar-refractivity contribution in [1.29, 1.82) is 0 Å². The summed E-state index contributed by atoms with van der Waals surface area (Å²) >= 11 is 0. The van der Waals surface area contributed by atoms with E-state index in [9.17, 15) is 4.79 Å². The van der Waals surface area contributed by atoms with Crippen molar-refractivity contribution < 1.29 is 20.1 Å². The monoisotopic (exact) mass is 197 g/mol. The predicted molar refractivity (Wildman–Crippen MR) is 48.9 cm³/mol. The fraction of sp³-hybridized carbons (Fsp3) is 0.222. The van der Waals surface area contributed by atoms with E-state index in [1.807, 2.05) is 0 Å². The van der Waals surface area contributed by atoms with Crippen molar-refractivity contribution in [2.45, 2.75) is 12.5 Å². The van der Waals surface area contributed by atoms with E-state index in [1.165, 1.54) is 19.1 Å². The fourth-order valence-electron chi connectivity index (χ4n) is 0.970. The van der Waals surface area contributed by atoms with Crippen molar-refractivity contribution in [2.75, 3.05) is 0 Å². The normalized spacial score (nSPS) is 14.7. The summed E-state index contributed by atoms with van der Waals surface area (Å²) in [6.45, 7) is 1.31. The number of nitrogens with two attached hydrogens (primary N) is 1. The second kappa shape index (κ2) is 3.19. The van der Waals surface area contributed by atoms with Gasteiger partial charge in [-0.15, -0.1) is 0 Å². The minimum absolute atomic E-state index is 0.223. The lowest BCUT2D eigenvalue weighted by molar-refractivity contribution is -0.143. The summed E-state index contributed by atoms with van der Waals surface area (Å²) in [7, 11) is 0. The second-order valence-corrected chi connectivity index (χ2v) is 3.21. The summed E-state index contributed by atoms with van der Waals surface area (Å²) in [6.07, 6.45) is 0. The Kier molecular flexibility index (Phi) is 2.35. The average Bonchev–Trinajstić information content (AvgIpc) is 2.09. The maximum atomic E-state index is 10.7. The molecule has 14 heavy (non-hydrogen) atoms. The lowest BCUT2D eigenvalue weighted by atomic mass is 9.93. The molecule has 1 aromatic rings. The SMILES string of the molecule is C[C@](N)(C(=O)O)c1ccc(O)c(O)c1. The third kappa shape index (κ3) is 1.62. The highest BCUT2D eigenvalue weighted by atomic mass is 16.4. The van der Waals surface area contributed by atoms with Gasteiger partial charge in [0.2, 0.25) is 0 Å². The van der Waals surface area contributed by atoms with Crippen LogP contribution in [0.25, 0.3) is 0 Å². The van der Waals surface area contributed by atoms with E-state index in [4.69, 9.17) is 21.1 Å². The molecule has 5 N–H and O–H groups in total. The van der Waals surface area contributed by atoms with Crippen LogP contribution in [-0.2, 0) is 10.3 Å². The number of hydrogen-bond donors (Lipinski definition) is 4. The molecule has 0 bridgehead atoms. The van der Waals surface area contributed by atoms with Crippen LogP contribution in [-0.4, -0.2) is 21.3 Å². The van der Waals surface area contributed by atoms with Gasteiger partial charge in [0.25, 0.3) is 0 Å². The van der Waals surface area contributed by atoms with Crippen LogP contribution in [0.4, 0.5) is 0 Å². The van der Waals surface area contributed by atoms with E-state index in [2.05, 4.69) is 0 Å². The van der Waals surface area contributed by atoms with Crippen molar-refractivity contribution in [2.24, 2.45) is 5.73 Å². The summed E-state index contributed by atoms with van der Waals surface area (Å²) in [5.41, 5.74) is 4.15. The van der Waals surface area contributed by atoms with Crippen molar-refractivity contribution in [3.63, 3.8) is 0 Å². The molecular weight excluding hydrogens is 186 g/mol. The lowest BCUT2D eigenvalue weighted by Crippen LogP contribution is -2.41. The minimum Gasteiger partial charge on any atom is -0.504 e. The molecule has 0 saturated carbocycles. The van der Waals surface area contributed by atoms with E-state index >= 15 is 0 Å². The predicted octanol–water partition coefficient (Wildman–Crippen LogP) is 0.356. The van der Waals surface area contributed by atoms with Crippen molar-refractivity contribution in [3.05, 3.63) is 23.8 Å². The van der Waals surface area contributed by atoms with Crippen LogP contribution in [0.15, 0.2) is 18.2 Å². The Labute approximate surface area is 80.4 Å². The van der Waals surface area contributed by atoms with Gasteiger partial charge in [-0.2, -0.15) is 0 Å². The van der Waals surface area contributed by atoms with Crippen molar-refractivity contribution in [1.82, 2.24) is 0 Å². The van der Waals surface area contributed by atoms with Gasteiger partial charge in [0.05, 0.1) is 0 Å². The molecule has 5 nitrogen and oxygen atoms in total. The van der Waals surface area contributed by atoms with Gasteiger partial charge >= 0.3 is 5.97 Å². The number of benzene rings is 1. The van der Waals surface area contributed by atoms with E-state index in [0.29, 0.717) is 0 Å². The first kappa shape index (κ1) is 10.3. The van der Waals surface area contributed by atoms with Crippen LogP contribution >= 0.6 is 0 Å². The maximum Gasteiger partial charge on any atom is 0.328 e. The standard InChI is InChI=1S/C9H11NO4/c1-9(10,8(13)14)5-2-3-6(11)7(12)4-5/h2-4,11-12H,10H2,1H3,(H,13,14)/t9-/m1/s1. The first-order valence-corrected chi connectivity index (χ1v) is 3.90. The van der Waals surface area contributed by atoms with Crippen LogP contribution in [0.3, 0.4) is 0 Å². The summed E-state index contributed by atoms with van der Waals surface area (Å²) in [5, 5.41) is 26.9. The third-order valence-electron chi connectivity index (χ3n) is 2.02. The number of hydrogen-bond acceptors (Lipinski definition) is 4. The second-order valence-electron chi connectivity index (χ2n) is 3.21. The molecule has 1 aromatic carbocycles. The summed E-state index contributed by atoms with van der Waals surface area (Å²) < 4.78 is 0. The highest BCUT2D eigenvalue weighted by Crippen LogP contribution is 2.29.